The van der Waals surface area contributed by atoms with Gasteiger partial charge in [0.15, 0.2) is 11.3 Å². The molecular weight excluding hydrogens is 194 g/mol. The molecule has 1 N–H and O–H groups in total. The number of hydrogen-bond acceptors (Lipinski definition) is 3. The second-order valence-corrected chi connectivity index (χ2v) is 3.54. The monoisotopic (exact) mass is 205 g/mol. The van der Waals surface area contributed by atoms with Crippen molar-refractivity contribution in [3.05, 3.63) is 23.0 Å². The molecule has 5 nitrogen and oxygen atoms in total. The Balaban J connectivity index is 2.85. The predicted molar refractivity (Wildman–Crippen MR) is 54.9 cm³/mol. The van der Waals surface area contributed by atoms with Gasteiger partial charge in [-0.05, 0) is 25.5 Å². The van der Waals surface area contributed by atoms with E-state index in [1.54, 1.807) is 18.7 Å². The van der Waals surface area contributed by atoms with E-state index < -0.39 is 5.97 Å². The lowest BCUT2D eigenvalue weighted by atomic mass is 10.1. The molecule has 0 saturated heterocycles. The van der Waals surface area contributed by atoms with E-state index >= 15 is 0 Å². The Morgan fingerprint density at radius 3 is 2.73 bits per heavy atom. The van der Waals surface area contributed by atoms with Crippen LogP contribution in [0.5, 0.6) is 0 Å². The van der Waals surface area contributed by atoms with Crippen molar-refractivity contribution in [3.8, 4) is 0 Å². The molecule has 0 aliphatic carbocycles. The molecule has 2 heterocycles. The van der Waals surface area contributed by atoms with Gasteiger partial charge in [-0.25, -0.2) is 9.78 Å². The van der Waals surface area contributed by atoms with Crippen LogP contribution in [0.15, 0.2) is 6.07 Å². The zero-order chi connectivity index (χ0) is 11.2. The predicted octanol–water partition coefficient (Wildman–Crippen LogP) is 1.28. The molecule has 0 unspecified atom stereocenters. The zero-order valence-corrected chi connectivity index (χ0v) is 8.77. The van der Waals surface area contributed by atoms with Gasteiger partial charge in [-0.3, -0.25) is 4.68 Å². The van der Waals surface area contributed by atoms with Crippen LogP contribution >= 0.6 is 0 Å². The maximum atomic E-state index is 10.9. The highest BCUT2D eigenvalue weighted by atomic mass is 16.4. The molecule has 0 bridgehead atoms. The quantitative estimate of drug-likeness (QED) is 0.761. The van der Waals surface area contributed by atoms with Crippen LogP contribution in [0, 0.1) is 13.8 Å². The van der Waals surface area contributed by atoms with Crippen molar-refractivity contribution in [2.24, 2.45) is 7.05 Å². The molecular formula is C10H11N3O2. The summed E-state index contributed by atoms with van der Waals surface area (Å²) in [6.45, 7) is 3.62. The highest BCUT2D eigenvalue weighted by Crippen LogP contribution is 2.18. The average Bonchev–Trinajstić information content (AvgIpc) is 2.41. The summed E-state index contributed by atoms with van der Waals surface area (Å²) < 4.78 is 1.59. The van der Waals surface area contributed by atoms with Crippen LogP contribution in [-0.2, 0) is 7.05 Å². The number of aromatic nitrogens is 3. The zero-order valence-electron chi connectivity index (χ0n) is 8.77. The first kappa shape index (κ1) is 9.64. The number of rotatable bonds is 1. The fraction of sp³-hybridized carbons (Fsp3) is 0.300. The van der Waals surface area contributed by atoms with Gasteiger partial charge in [0.25, 0.3) is 0 Å². The first-order valence-electron chi connectivity index (χ1n) is 4.55. The topological polar surface area (TPSA) is 68.0 Å². The minimum atomic E-state index is -1.01. The molecule has 0 fully saturated rings. The van der Waals surface area contributed by atoms with E-state index in [1.807, 2.05) is 13.0 Å². The van der Waals surface area contributed by atoms with Gasteiger partial charge in [0.05, 0.1) is 5.69 Å². The van der Waals surface area contributed by atoms with E-state index in [0.717, 1.165) is 11.1 Å². The fourth-order valence-electron chi connectivity index (χ4n) is 1.66. The third-order valence-corrected chi connectivity index (χ3v) is 2.39. The van der Waals surface area contributed by atoms with E-state index in [2.05, 4.69) is 10.1 Å². The maximum Gasteiger partial charge on any atom is 0.354 e. The molecule has 0 atom stereocenters. The van der Waals surface area contributed by atoms with Crippen molar-refractivity contribution in [1.29, 1.82) is 0 Å². The molecule has 2 rings (SSSR count). The lowest BCUT2D eigenvalue weighted by Gasteiger charge is -2.00. The van der Waals surface area contributed by atoms with Crippen LogP contribution in [0.4, 0.5) is 0 Å². The summed E-state index contributed by atoms with van der Waals surface area (Å²) in [6.07, 6.45) is 0. The van der Waals surface area contributed by atoms with Crippen LogP contribution in [0.3, 0.4) is 0 Å². The molecule has 0 aliphatic rings. The Hall–Kier alpha value is -1.91. The first-order chi connectivity index (χ1) is 7.00. The highest BCUT2D eigenvalue weighted by Gasteiger charge is 2.14. The Labute approximate surface area is 86.4 Å². The minimum absolute atomic E-state index is 0.0884. The maximum absolute atomic E-state index is 10.9. The van der Waals surface area contributed by atoms with Gasteiger partial charge < -0.3 is 5.11 Å². The molecule has 78 valence electrons. The van der Waals surface area contributed by atoms with E-state index in [1.165, 1.54) is 0 Å². The number of fused-ring (bicyclic) bond motifs is 1. The van der Waals surface area contributed by atoms with Gasteiger partial charge in [-0.2, -0.15) is 5.10 Å². The number of hydrogen-bond donors (Lipinski definition) is 1. The third kappa shape index (κ3) is 1.36. The number of aromatic carboxylic acids is 1. The van der Waals surface area contributed by atoms with Gasteiger partial charge in [-0.1, -0.05) is 0 Å². The highest BCUT2D eigenvalue weighted by molar-refractivity contribution is 5.91. The second kappa shape index (κ2) is 3.05. The number of nitrogens with zero attached hydrogens (tertiary/aromatic N) is 3. The molecule has 0 spiro atoms. The summed E-state index contributed by atoms with van der Waals surface area (Å²) in [5.74, 6) is -1.01. The molecule has 0 aliphatic heterocycles. The van der Waals surface area contributed by atoms with Crippen molar-refractivity contribution in [2.45, 2.75) is 13.8 Å². The molecule has 2 aromatic heterocycles. The Kier molecular flexibility index (Phi) is 1.96. The molecule has 0 saturated carbocycles. The average molecular weight is 205 g/mol. The molecule has 0 radical (unpaired) electrons. The number of pyridine rings is 1. The minimum Gasteiger partial charge on any atom is -0.477 e. The standard InChI is InChI=1S/C10H11N3O2/c1-5-4-7-6(2)12-13(3)9(7)11-8(5)10(14)15/h4H,1-3H3,(H,14,15). The van der Waals surface area contributed by atoms with E-state index in [-0.39, 0.29) is 5.69 Å². The van der Waals surface area contributed by atoms with Gasteiger partial charge in [0, 0.05) is 12.4 Å². The normalized spacial score (nSPS) is 10.9. The van der Waals surface area contributed by atoms with Crippen molar-refractivity contribution >= 4 is 17.0 Å². The van der Waals surface area contributed by atoms with E-state index in [0.29, 0.717) is 11.2 Å². The summed E-state index contributed by atoms with van der Waals surface area (Å²) in [4.78, 5) is 15.0. The van der Waals surface area contributed by atoms with E-state index in [9.17, 15) is 4.79 Å². The third-order valence-electron chi connectivity index (χ3n) is 2.39. The number of carboxylic acid groups (broad SMARTS) is 1. The largest absolute Gasteiger partial charge is 0.477 e. The van der Waals surface area contributed by atoms with Crippen molar-refractivity contribution in [2.75, 3.05) is 0 Å². The summed E-state index contributed by atoms with van der Waals surface area (Å²) in [5, 5.41) is 14.0. The van der Waals surface area contributed by atoms with Crippen LogP contribution in [0.25, 0.3) is 11.0 Å². The number of aryl methyl sites for hydroxylation is 3. The van der Waals surface area contributed by atoms with Crippen LogP contribution in [-0.4, -0.2) is 25.8 Å². The smallest absolute Gasteiger partial charge is 0.354 e. The molecule has 15 heavy (non-hydrogen) atoms. The van der Waals surface area contributed by atoms with Crippen LogP contribution < -0.4 is 0 Å². The Morgan fingerprint density at radius 2 is 2.13 bits per heavy atom. The van der Waals surface area contributed by atoms with Crippen molar-refractivity contribution in [1.82, 2.24) is 14.8 Å². The van der Waals surface area contributed by atoms with Gasteiger partial charge >= 0.3 is 5.97 Å². The van der Waals surface area contributed by atoms with Crippen LogP contribution in [0.2, 0.25) is 0 Å². The van der Waals surface area contributed by atoms with Crippen molar-refractivity contribution in [3.63, 3.8) is 0 Å². The fourth-order valence-corrected chi connectivity index (χ4v) is 1.66. The molecule has 2 aromatic rings. The lowest BCUT2D eigenvalue weighted by Crippen LogP contribution is -2.04. The Bertz CT molecular complexity index is 557. The van der Waals surface area contributed by atoms with Gasteiger partial charge in [-0.15, -0.1) is 0 Å². The van der Waals surface area contributed by atoms with E-state index in [4.69, 9.17) is 5.11 Å². The Morgan fingerprint density at radius 1 is 1.47 bits per heavy atom. The number of carbonyl (C=O) groups is 1. The molecule has 0 aromatic carbocycles. The molecule has 5 heteroatoms. The summed E-state index contributed by atoms with van der Waals surface area (Å²) in [7, 11) is 1.75. The van der Waals surface area contributed by atoms with Crippen LogP contribution in [0.1, 0.15) is 21.7 Å². The lowest BCUT2D eigenvalue weighted by molar-refractivity contribution is 0.0690. The SMILES string of the molecule is Cc1cc2c(C)nn(C)c2nc1C(=O)O. The van der Waals surface area contributed by atoms with Gasteiger partial charge in [0.2, 0.25) is 0 Å². The van der Waals surface area contributed by atoms with Gasteiger partial charge in [0.1, 0.15) is 0 Å². The summed E-state index contributed by atoms with van der Waals surface area (Å²) in [5.41, 5.74) is 2.21. The number of carboxylic acids is 1. The van der Waals surface area contributed by atoms with Crippen molar-refractivity contribution < 1.29 is 9.90 Å². The first-order valence-corrected chi connectivity index (χ1v) is 4.55. The summed E-state index contributed by atoms with van der Waals surface area (Å²) in [6, 6.07) is 1.81. The molecule has 0 amide bonds. The summed E-state index contributed by atoms with van der Waals surface area (Å²) >= 11 is 0. The second-order valence-electron chi connectivity index (χ2n) is 3.54.